The number of nitrogens with one attached hydrogen (secondary N) is 1. The zero-order chi connectivity index (χ0) is 13.7. The third-order valence-electron chi connectivity index (χ3n) is 3.53. The second kappa shape index (κ2) is 7.11. The van der Waals surface area contributed by atoms with Crippen molar-refractivity contribution >= 4 is 11.6 Å². The molecule has 1 saturated carbocycles. The summed E-state index contributed by atoms with van der Waals surface area (Å²) in [5.41, 5.74) is 0. The van der Waals surface area contributed by atoms with Crippen molar-refractivity contribution in [3.05, 3.63) is 29.0 Å². The molecule has 1 N–H and O–H groups in total. The van der Waals surface area contributed by atoms with Crippen molar-refractivity contribution in [3.8, 4) is 5.75 Å². The maximum absolute atomic E-state index is 13.3. The smallest absolute Gasteiger partial charge is 0.145 e. The lowest BCUT2D eigenvalue weighted by atomic mass is 9.95. The van der Waals surface area contributed by atoms with E-state index in [1.165, 1.54) is 44.2 Å². The molecule has 4 heteroatoms. The van der Waals surface area contributed by atoms with Crippen LogP contribution >= 0.6 is 11.6 Å². The molecule has 1 fully saturated rings. The number of hydrogen-bond acceptors (Lipinski definition) is 2. The van der Waals surface area contributed by atoms with E-state index >= 15 is 0 Å². The quantitative estimate of drug-likeness (QED) is 0.877. The summed E-state index contributed by atoms with van der Waals surface area (Å²) in [6.45, 7) is 2.78. The topological polar surface area (TPSA) is 21.3 Å². The first kappa shape index (κ1) is 14.6. The van der Waals surface area contributed by atoms with E-state index < -0.39 is 5.82 Å². The molecule has 19 heavy (non-hydrogen) atoms. The zero-order valence-electron chi connectivity index (χ0n) is 11.3. The molecule has 1 atom stereocenters. The molecule has 0 aliphatic heterocycles. The normalized spacial score (nSPS) is 18.3. The van der Waals surface area contributed by atoms with Gasteiger partial charge in [-0.25, -0.2) is 4.39 Å². The van der Waals surface area contributed by atoms with Crippen LogP contribution in [0.2, 0.25) is 5.02 Å². The summed E-state index contributed by atoms with van der Waals surface area (Å²) in [5, 5.41) is 3.65. The van der Waals surface area contributed by atoms with Crippen molar-refractivity contribution in [1.82, 2.24) is 5.32 Å². The van der Waals surface area contributed by atoms with E-state index in [2.05, 4.69) is 5.32 Å². The molecule has 1 aromatic carbocycles. The molecule has 1 aliphatic rings. The molecule has 0 aromatic heterocycles. The Morgan fingerprint density at radius 2 is 2.11 bits per heavy atom. The van der Waals surface area contributed by atoms with E-state index in [1.807, 2.05) is 6.92 Å². The number of rotatable bonds is 5. The molecular formula is C15H21ClFNO. The molecular weight excluding hydrogens is 265 g/mol. The predicted molar refractivity (Wildman–Crippen MR) is 76.4 cm³/mol. The van der Waals surface area contributed by atoms with Crippen LogP contribution in [0, 0.1) is 5.82 Å². The summed E-state index contributed by atoms with van der Waals surface area (Å²) in [5.74, 6) is 0.0893. The van der Waals surface area contributed by atoms with Crippen LogP contribution in [0.25, 0.3) is 0 Å². The van der Waals surface area contributed by atoms with Crippen molar-refractivity contribution in [1.29, 1.82) is 0 Å². The zero-order valence-corrected chi connectivity index (χ0v) is 12.0. The van der Waals surface area contributed by atoms with Gasteiger partial charge in [0.05, 0.1) is 5.02 Å². The van der Waals surface area contributed by atoms with Crippen molar-refractivity contribution in [2.24, 2.45) is 0 Å². The minimum absolute atomic E-state index is 0.0162. The van der Waals surface area contributed by atoms with Gasteiger partial charge in [0, 0.05) is 18.7 Å². The first-order valence-corrected chi connectivity index (χ1v) is 7.38. The second-order valence-corrected chi connectivity index (χ2v) is 5.65. The van der Waals surface area contributed by atoms with Gasteiger partial charge in [-0.3, -0.25) is 0 Å². The number of halogens is 2. The summed E-state index contributed by atoms with van der Waals surface area (Å²) in [6.07, 6.45) is 6.51. The van der Waals surface area contributed by atoms with Gasteiger partial charge >= 0.3 is 0 Å². The number of ether oxygens (including phenoxy) is 1. The van der Waals surface area contributed by atoms with E-state index in [4.69, 9.17) is 16.3 Å². The first-order chi connectivity index (χ1) is 9.15. The van der Waals surface area contributed by atoms with E-state index in [0.29, 0.717) is 11.8 Å². The molecule has 1 unspecified atom stereocenters. The Kier molecular flexibility index (Phi) is 5.46. The van der Waals surface area contributed by atoms with Crippen LogP contribution in [0.5, 0.6) is 5.75 Å². The lowest BCUT2D eigenvalue weighted by Crippen LogP contribution is -2.37. The van der Waals surface area contributed by atoms with E-state index in [9.17, 15) is 4.39 Å². The monoisotopic (exact) mass is 285 g/mol. The van der Waals surface area contributed by atoms with E-state index in [0.717, 1.165) is 6.54 Å². The molecule has 0 bridgehead atoms. The maximum Gasteiger partial charge on any atom is 0.145 e. The first-order valence-electron chi connectivity index (χ1n) is 7.00. The summed E-state index contributed by atoms with van der Waals surface area (Å²) >= 11 is 5.64. The predicted octanol–water partition coefficient (Wildman–Crippen LogP) is 4.17. The summed E-state index contributed by atoms with van der Waals surface area (Å²) in [7, 11) is 0. The Morgan fingerprint density at radius 3 is 2.79 bits per heavy atom. The summed E-state index contributed by atoms with van der Waals surface area (Å²) < 4.78 is 19.0. The molecule has 1 aliphatic carbocycles. The fraction of sp³-hybridized carbons (Fsp3) is 0.600. The highest BCUT2D eigenvalue weighted by Crippen LogP contribution is 2.21. The summed E-state index contributed by atoms with van der Waals surface area (Å²) in [4.78, 5) is 0. The average Bonchev–Trinajstić information content (AvgIpc) is 2.42. The van der Waals surface area contributed by atoms with Crippen molar-refractivity contribution < 1.29 is 9.13 Å². The van der Waals surface area contributed by atoms with Gasteiger partial charge in [0.2, 0.25) is 0 Å². The Labute approximate surface area is 119 Å². The highest BCUT2D eigenvalue weighted by Gasteiger charge is 2.14. The van der Waals surface area contributed by atoms with E-state index in [1.54, 1.807) is 6.07 Å². The fourth-order valence-corrected chi connectivity index (χ4v) is 2.58. The van der Waals surface area contributed by atoms with Crippen LogP contribution in [-0.4, -0.2) is 18.7 Å². The van der Waals surface area contributed by atoms with Gasteiger partial charge in [-0.15, -0.1) is 0 Å². The third kappa shape index (κ3) is 4.66. The minimum atomic E-state index is -0.438. The third-order valence-corrected chi connectivity index (χ3v) is 3.83. The van der Waals surface area contributed by atoms with Crippen LogP contribution in [0.1, 0.15) is 39.0 Å². The Balaban J connectivity index is 1.76. The van der Waals surface area contributed by atoms with Crippen LogP contribution in [-0.2, 0) is 0 Å². The van der Waals surface area contributed by atoms with Crippen molar-refractivity contribution in [2.75, 3.05) is 6.54 Å². The van der Waals surface area contributed by atoms with Gasteiger partial charge in [-0.05, 0) is 31.9 Å². The molecule has 0 amide bonds. The average molecular weight is 286 g/mol. The standard InChI is InChI=1S/C15H21ClFNO/c1-11(10-18-12-5-3-2-4-6-12)19-13-7-8-14(16)15(17)9-13/h7-9,11-12,18H,2-6,10H2,1H3. The Bertz CT molecular complexity index is 407. The molecule has 1 aromatic rings. The van der Waals surface area contributed by atoms with Gasteiger partial charge in [-0.2, -0.15) is 0 Å². The van der Waals surface area contributed by atoms with Crippen LogP contribution in [0.4, 0.5) is 4.39 Å². The van der Waals surface area contributed by atoms with Crippen LogP contribution in [0.15, 0.2) is 18.2 Å². The molecule has 2 rings (SSSR count). The molecule has 2 nitrogen and oxygen atoms in total. The fourth-order valence-electron chi connectivity index (χ4n) is 2.46. The molecule has 0 saturated heterocycles. The minimum Gasteiger partial charge on any atom is -0.489 e. The highest BCUT2D eigenvalue weighted by atomic mass is 35.5. The largest absolute Gasteiger partial charge is 0.489 e. The van der Waals surface area contributed by atoms with Crippen LogP contribution < -0.4 is 10.1 Å². The Morgan fingerprint density at radius 1 is 1.37 bits per heavy atom. The van der Waals surface area contributed by atoms with Gasteiger partial charge < -0.3 is 10.1 Å². The highest BCUT2D eigenvalue weighted by molar-refractivity contribution is 6.30. The molecule has 0 heterocycles. The van der Waals surface area contributed by atoms with Crippen LogP contribution in [0.3, 0.4) is 0 Å². The molecule has 106 valence electrons. The SMILES string of the molecule is CC(CNC1CCCCC1)Oc1ccc(Cl)c(F)c1. The number of hydrogen-bond donors (Lipinski definition) is 1. The molecule has 0 spiro atoms. The molecule has 0 radical (unpaired) electrons. The van der Waals surface area contributed by atoms with Gasteiger partial charge in [-0.1, -0.05) is 30.9 Å². The van der Waals surface area contributed by atoms with Crippen molar-refractivity contribution in [3.63, 3.8) is 0 Å². The van der Waals surface area contributed by atoms with Gasteiger partial charge in [0.1, 0.15) is 17.7 Å². The lowest BCUT2D eigenvalue weighted by Gasteiger charge is -2.25. The second-order valence-electron chi connectivity index (χ2n) is 5.25. The Hall–Kier alpha value is -0.800. The van der Waals surface area contributed by atoms with Crippen molar-refractivity contribution in [2.45, 2.75) is 51.2 Å². The number of benzene rings is 1. The maximum atomic E-state index is 13.3. The van der Waals surface area contributed by atoms with E-state index in [-0.39, 0.29) is 11.1 Å². The van der Waals surface area contributed by atoms with Gasteiger partial charge in [0.25, 0.3) is 0 Å². The van der Waals surface area contributed by atoms with Gasteiger partial charge in [0.15, 0.2) is 0 Å². The lowest BCUT2D eigenvalue weighted by molar-refractivity contribution is 0.204. The summed E-state index contributed by atoms with van der Waals surface area (Å²) in [6, 6.07) is 5.16.